The van der Waals surface area contributed by atoms with Crippen molar-refractivity contribution in [1.29, 1.82) is 5.26 Å². The second kappa shape index (κ2) is 11.2. The highest BCUT2D eigenvalue weighted by atomic mass is 31.2. The van der Waals surface area contributed by atoms with E-state index in [2.05, 4.69) is 16.0 Å². The van der Waals surface area contributed by atoms with Crippen molar-refractivity contribution >= 4 is 29.5 Å². The van der Waals surface area contributed by atoms with E-state index in [1.807, 2.05) is 22.8 Å². The molecular formula is C29H27FN5O5P. The summed E-state index contributed by atoms with van der Waals surface area (Å²) in [5.74, 6) is 0.717. The van der Waals surface area contributed by atoms with Gasteiger partial charge in [0.25, 0.3) is 0 Å². The zero-order chi connectivity index (χ0) is 28.6. The zero-order valence-corrected chi connectivity index (χ0v) is 22.9. The number of epoxide rings is 1. The molecule has 4 aromatic rings. The number of nitrogens with zero attached hydrogens (tertiary/aromatic N) is 5. The summed E-state index contributed by atoms with van der Waals surface area (Å²) in [6.07, 6.45) is 2.96. The number of imidazole rings is 1. The molecule has 0 bridgehead atoms. The third-order valence-corrected chi connectivity index (χ3v) is 8.16. The number of pyridine rings is 1. The number of benzene rings is 2. The number of hydrogen-bond donors (Lipinski definition) is 2. The van der Waals surface area contributed by atoms with E-state index in [1.165, 1.54) is 18.2 Å². The normalized spacial score (nSPS) is 17.3. The van der Waals surface area contributed by atoms with Crippen molar-refractivity contribution in [3.05, 3.63) is 89.1 Å². The molecule has 2 aliphatic heterocycles. The van der Waals surface area contributed by atoms with Crippen LogP contribution < -0.4 is 10.0 Å². The molecule has 2 aromatic carbocycles. The summed E-state index contributed by atoms with van der Waals surface area (Å²) in [7, 11) is -4.38. The van der Waals surface area contributed by atoms with Crippen LogP contribution in [0.25, 0.3) is 16.6 Å². The average Bonchev–Trinajstić information content (AvgIpc) is 3.73. The molecule has 0 amide bonds. The quantitative estimate of drug-likeness (QED) is 0.227. The van der Waals surface area contributed by atoms with Crippen molar-refractivity contribution in [2.45, 2.75) is 32.2 Å². The fourth-order valence-corrected chi connectivity index (χ4v) is 5.45. The molecule has 0 spiro atoms. The van der Waals surface area contributed by atoms with E-state index in [-0.39, 0.29) is 23.6 Å². The molecule has 6 rings (SSSR count). The van der Waals surface area contributed by atoms with Gasteiger partial charge in [0.05, 0.1) is 59.5 Å². The third kappa shape index (κ3) is 6.22. The molecule has 0 saturated carbocycles. The Labute approximate surface area is 235 Å². The van der Waals surface area contributed by atoms with Gasteiger partial charge in [0.1, 0.15) is 18.2 Å². The van der Waals surface area contributed by atoms with Crippen molar-refractivity contribution in [1.82, 2.24) is 19.4 Å². The lowest BCUT2D eigenvalue weighted by molar-refractivity contribution is 0.279. The van der Waals surface area contributed by atoms with Gasteiger partial charge in [0.2, 0.25) is 5.88 Å². The number of ether oxygens (including phenoxy) is 2. The van der Waals surface area contributed by atoms with E-state index in [0.29, 0.717) is 48.7 Å². The standard InChI is InChI=1S/C29H27FN5O5P/c30-24-12-19(14-31)4-5-21(24)17-40-29-3-1-2-25(33-29)20-8-10-34(11-9-20)16-28-32-26-7-6-23(41(36,37)38)13-27(26)35(28)15-22-18-39-22/h1-8,12-13,22H,9-11,15-18H2,(H2,36,37,38)/t22-/m0/s1. The van der Waals surface area contributed by atoms with Gasteiger partial charge in [-0.15, -0.1) is 0 Å². The summed E-state index contributed by atoms with van der Waals surface area (Å²) in [4.78, 5) is 31.0. The second-order valence-corrected chi connectivity index (χ2v) is 11.7. The van der Waals surface area contributed by atoms with Crippen LogP contribution in [-0.4, -0.2) is 55.0 Å². The van der Waals surface area contributed by atoms with Gasteiger partial charge in [0, 0.05) is 24.7 Å². The van der Waals surface area contributed by atoms with Crippen LogP contribution in [0, 0.1) is 17.1 Å². The molecule has 1 saturated heterocycles. The van der Waals surface area contributed by atoms with Crippen molar-refractivity contribution in [2.75, 3.05) is 19.7 Å². The summed E-state index contributed by atoms with van der Waals surface area (Å²) in [5.41, 5.74) is 3.86. The summed E-state index contributed by atoms with van der Waals surface area (Å²) < 4.78 is 39.2. The molecule has 10 nitrogen and oxygen atoms in total. The Morgan fingerprint density at radius 3 is 2.73 bits per heavy atom. The topological polar surface area (TPSA) is 137 Å². The molecular weight excluding hydrogens is 548 g/mol. The number of halogens is 1. The Balaban J connectivity index is 1.14. The lowest BCUT2D eigenvalue weighted by atomic mass is 10.0. The number of hydrogen-bond acceptors (Lipinski definition) is 7. The third-order valence-electron chi connectivity index (χ3n) is 7.20. The van der Waals surface area contributed by atoms with E-state index >= 15 is 0 Å². The van der Waals surface area contributed by atoms with Gasteiger partial charge in [-0.25, -0.2) is 14.4 Å². The fourth-order valence-electron chi connectivity index (χ4n) is 4.89. The van der Waals surface area contributed by atoms with Crippen molar-refractivity contribution in [2.24, 2.45) is 0 Å². The minimum Gasteiger partial charge on any atom is -0.473 e. The number of nitriles is 1. The van der Waals surface area contributed by atoms with Gasteiger partial charge in [-0.2, -0.15) is 5.26 Å². The summed E-state index contributed by atoms with van der Waals surface area (Å²) in [6.45, 7) is 3.26. The maximum Gasteiger partial charge on any atom is 0.356 e. The smallest absolute Gasteiger partial charge is 0.356 e. The molecule has 210 valence electrons. The highest BCUT2D eigenvalue weighted by molar-refractivity contribution is 7.60. The van der Waals surface area contributed by atoms with Crippen LogP contribution in [0.5, 0.6) is 5.88 Å². The van der Waals surface area contributed by atoms with Crippen LogP contribution >= 0.6 is 7.60 Å². The lowest BCUT2D eigenvalue weighted by Gasteiger charge is -2.26. The zero-order valence-electron chi connectivity index (χ0n) is 22.0. The first-order chi connectivity index (χ1) is 19.8. The number of aromatic nitrogens is 3. The van der Waals surface area contributed by atoms with Gasteiger partial charge < -0.3 is 23.8 Å². The summed E-state index contributed by atoms with van der Waals surface area (Å²) in [6, 6.07) is 16.3. The van der Waals surface area contributed by atoms with Crippen LogP contribution in [0.4, 0.5) is 4.39 Å². The predicted octanol–water partition coefficient (Wildman–Crippen LogP) is 3.51. The Morgan fingerprint density at radius 2 is 2.02 bits per heavy atom. The molecule has 2 aliphatic rings. The van der Waals surface area contributed by atoms with E-state index < -0.39 is 13.4 Å². The molecule has 2 aromatic heterocycles. The van der Waals surface area contributed by atoms with Gasteiger partial charge in [-0.3, -0.25) is 9.46 Å². The average molecular weight is 576 g/mol. The molecule has 12 heteroatoms. The van der Waals surface area contributed by atoms with Crippen LogP contribution in [0.2, 0.25) is 0 Å². The second-order valence-electron chi connectivity index (χ2n) is 10.1. The molecule has 41 heavy (non-hydrogen) atoms. The van der Waals surface area contributed by atoms with Gasteiger partial charge in [-0.05, 0) is 48.4 Å². The van der Waals surface area contributed by atoms with Crippen molar-refractivity contribution < 1.29 is 28.2 Å². The van der Waals surface area contributed by atoms with Crippen LogP contribution in [0.1, 0.15) is 29.1 Å². The molecule has 2 N–H and O–H groups in total. The Bertz CT molecular complexity index is 1740. The van der Waals surface area contributed by atoms with Crippen LogP contribution in [-0.2, 0) is 29.0 Å². The van der Waals surface area contributed by atoms with Crippen LogP contribution in [0.15, 0.2) is 60.7 Å². The molecule has 0 aliphatic carbocycles. The fraction of sp³-hybridized carbons (Fsp3) is 0.276. The van der Waals surface area contributed by atoms with E-state index in [9.17, 15) is 18.7 Å². The Kier molecular flexibility index (Phi) is 7.43. The Hall–Kier alpha value is -3.91. The minimum atomic E-state index is -4.38. The van der Waals surface area contributed by atoms with Crippen molar-refractivity contribution in [3.63, 3.8) is 0 Å². The van der Waals surface area contributed by atoms with E-state index in [4.69, 9.17) is 19.7 Å². The van der Waals surface area contributed by atoms with Gasteiger partial charge in [0.15, 0.2) is 0 Å². The largest absolute Gasteiger partial charge is 0.473 e. The first kappa shape index (κ1) is 27.3. The van der Waals surface area contributed by atoms with Crippen LogP contribution in [0.3, 0.4) is 0 Å². The van der Waals surface area contributed by atoms with E-state index in [0.717, 1.165) is 30.1 Å². The highest BCUT2D eigenvalue weighted by Gasteiger charge is 2.27. The highest BCUT2D eigenvalue weighted by Crippen LogP contribution is 2.34. The minimum absolute atomic E-state index is 0.00334. The first-order valence-electron chi connectivity index (χ1n) is 13.1. The van der Waals surface area contributed by atoms with E-state index in [1.54, 1.807) is 24.3 Å². The molecule has 1 fully saturated rings. The summed E-state index contributed by atoms with van der Waals surface area (Å²) in [5, 5.41) is 8.89. The molecule has 1 atom stereocenters. The van der Waals surface area contributed by atoms with Gasteiger partial charge in [-0.1, -0.05) is 18.2 Å². The number of fused-ring (bicyclic) bond motifs is 1. The predicted molar refractivity (Wildman–Crippen MR) is 149 cm³/mol. The monoisotopic (exact) mass is 575 g/mol. The van der Waals surface area contributed by atoms with Gasteiger partial charge >= 0.3 is 7.60 Å². The summed E-state index contributed by atoms with van der Waals surface area (Å²) >= 11 is 0. The molecule has 0 radical (unpaired) electrons. The Morgan fingerprint density at radius 1 is 1.17 bits per heavy atom. The maximum atomic E-state index is 14.2. The lowest BCUT2D eigenvalue weighted by Crippen LogP contribution is -2.29. The number of rotatable bonds is 9. The molecule has 0 unspecified atom stereocenters. The SMILES string of the molecule is N#Cc1ccc(COc2cccc(C3=CCN(Cc4nc5ccc(P(=O)(O)O)cc5n4C[C@H]4CO4)CC3)n2)c(F)c1. The first-order valence-corrected chi connectivity index (χ1v) is 14.7. The molecule has 4 heterocycles. The maximum absolute atomic E-state index is 14.2. The van der Waals surface area contributed by atoms with Crippen molar-refractivity contribution in [3.8, 4) is 11.9 Å².